The van der Waals surface area contributed by atoms with Gasteiger partial charge in [-0.25, -0.2) is 0 Å². The first-order chi connectivity index (χ1) is 5.29. The molecule has 2 aromatic rings. The summed E-state index contributed by atoms with van der Waals surface area (Å²) in [5.74, 6) is 0. The van der Waals surface area contributed by atoms with Crippen LogP contribution in [-0.4, -0.2) is 4.98 Å². The Bertz CT molecular complexity index is 387. The highest BCUT2D eigenvalue weighted by molar-refractivity contribution is 5.86. The Hall–Kier alpha value is -1.44. The highest BCUT2D eigenvalue weighted by Crippen LogP contribution is 2.22. The zero-order valence-corrected chi connectivity index (χ0v) is 6.31. The molecule has 0 amide bonds. The molecular weight excluding hydrogens is 136 g/mol. The summed E-state index contributed by atoms with van der Waals surface area (Å²) in [6.07, 6.45) is 1.90. The normalized spacial score (nSPS) is 10.6. The van der Waals surface area contributed by atoms with E-state index in [9.17, 15) is 0 Å². The SMILES string of the molecule is Cc1c([NH])ccc2[nH]ccc12. The molecule has 0 atom stereocenters. The van der Waals surface area contributed by atoms with Gasteiger partial charge in [0.15, 0.2) is 0 Å². The van der Waals surface area contributed by atoms with Crippen LogP contribution in [0.1, 0.15) is 5.56 Å². The molecule has 0 unspecified atom stereocenters. The quantitative estimate of drug-likeness (QED) is 0.591. The first kappa shape index (κ1) is 6.28. The first-order valence-electron chi connectivity index (χ1n) is 3.57. The van der Waals surface area contributed by atoms with Crippen LogP contribution in [0.15, 0.2) is 24.4 Å². The van der Waals surface area contributed by atoms with Gasteiger partial charge in [0.05, 0.1) is 5.69 Å². The predicted octanol–water partition coefficient (Wildman–Crippen LogP) is 2.39. The molecule has 1 heterocycles. The fourth-order valence-corrected chi connectivity index (χ4v) is 1.28. The van der Waals surface area contributed by atoms with Crippen LogP contribution in [0.3, 0.4) is 0 Å². The number of benzene rings is 1. The molecule has 0 aliphatic carbocycles. The summed E-state index contributed by atoms with van der Waals surface area (Å²) in [5, 5.41) is 1.15. The van der Waals surface area contributed by atoms with Gasteiger partial charge >= 0.3 is 0 Å². The van der Waals surface area contributed by atoms with E-state index in [1.165, 1.54) is 0 Å². The molecule has 0 aliphatic heterocycles. The minimum Gasteiger partial charge on any atom is -0.361 e. The van der Waals surface area contributed by atoms with Crippen molar-refractivity contribution in [3.8, 4) is 0 Å². The Morgan fingerprint density at radius 1 is 1.27 bits per heavy atom. The molecule has 2 rings (SSSR count). The van der Waals surface area contributed by atoms with E-state index in [2.05, 4.69) is 4.98 Å². The van der Waals surface area contributed by atoms with Gasteiger partial charge in [0.1, 0.15) is 0 Å². The van der Waals surface area contributed by atoms with Crippen molar-refractivity contribution < 1.29 is 0 Å². The van der Waals surface area contributed by atoms with Crippen molar-refractivity contribution in [2.24, 2.45) is 0 Å². The minimum absolute atomic E-state index is 0.608. The molecule has 11 heavy (non-hydrogen) atoms. The Balaban J connectivity index is 2.93. The minimum atomic E-state index is 0.608. The van der Waals surface area contributed by atoms with E-state index < -0.39 is 0 Å². The van der Waals surface area contributed by atoms with Crippen LogP contribution < -0.4 is 5.73 Å². The fraction of sp³-hybridized carbons (Fsp3) is 0.111. The number of aromatic nitrogens is 1. The second kappa shape index (κ2) is 2.02. The Labute approximate surface area is 65.0 Å². The van der Waals surface area contributed by atoms with Crippen molar-refractivity contribution in [2.45, 2.75) is 6.92 Å². The zero-order chi connectivity index (χ0) is 7.84. The molecule has 0 bridgehead atoms. The molecule has 2 heteroatoms. The summed E-state index contributed by atoms with van der Waals surface area (Å²) < 4.78 is 0. The molecule has 0 spiro atoms. The lowest BCUT2D eigenvalue weighted by atomic mass is 10.1. The van der Waals surface area contributed by atoms with Crippen molar-refractivity contribution in [1.29, 1.82) is 0 Å². The molecular formula is C9H9N2. The maximum absolute atomic E-state index is 7.53. The molecule has 0 saturated carbocycles. The highest BCUT2D eigenvalue weighted by atomic mass is 14.7. The van der Waals surface area contributed by atoms with Crippen molar-refractivity contribution in [3.63, 3.8) is 0 Å². The lowest BCUT2D eigenvalue weighted by Crippen LogP contribution is -1.78. The molecule has 0 saturated heterocycles. The van der Waals surface area contributed by atoms with Gasteiger partial charge in [-0.3, -0.25) is 0 Å². The highest BCUT2D eigenvalue weighted by Gasteiger charge is 1.99. The molecule has 0 fully saturated rings. The van der Waals surface area contributed by atoms with Gasteiger partial charge in [-0.05, 0) is 30.7 Å². The number of nitrogens with one attached hydrogen (secondary N) is 2. The van der Waals surface area contributed by atoms with Gasteiger partial charge in [-0.2, -0.15) is 0 Å². The second-order valence-electron chi connectivity index (χ2n) is 2.68. The van der Waals surface area contributed by atoms with Gasteiger partial charge in [0.2, 0.25) is 0 Å². The third-order valence-electron chi connectivity index (χ3n) is 2.00. The molecule has 2 N–H and O–H groups in total. The topological polar surface area (TPSA) is 39.6 Å². The van der Waals surface area contributed by atoms with Crippen LogP contribution in [-0.2, 0) is 0 Å². The lowest BCUT2D eigenvalue weighted by molar-refractivity contribution is 1.40. The van der Waals surface area contributed by atoms with E-state index in [-0.39, 0.29) is 0 Å². The largest absolute Gasteiger partial charge is 0.361 e. The maximum atomic E-state index is 7.53. The Kier molecular flexibility index (Phi) is 1.15. The zero-order valence-electron chi connectivity index (χ0n) is 6.31. The van der Waals surface area contributed by atoms with Crippen LogP contribution in [0.4, 0.5) is 5.69 Å². The molecule has 55 valence electrons. The van der Waals surface area contributed by atoms with Crippen molar-refractivity contribution in [1.82, 2.24) is 10.7 Å². The van der Waals surface area contributed by atoms with Gasteiger partial charge in [0, 0.05) is 17.1 Å². The van der Waals surface area contributed by atoms with Crippen LogP contribution in [0, 0.1) is 6.92 Å². The summed E-state index contributed by atoms with van der Waals surface area (Å²) >= 11 is 0. The standard InChI is InChI=1S/C9H9N2/c1-6-7-4-5-11-9(7)3-2-8(6)10/h2-5,10-11H,1H3. The number of hydrogen-bond donors (Lipinski definition) is 1. The lowest BCUT2D eigenvalue weighted by Gasteiger charge is -1.98. The van der Waals surface area contributed by atoms with Crippen molar-refractivity contribution >= 4 is 16.6 Å². The number of H-pyrrole nitrogens is 1. The van der Waals surface area contributed by atoms with E-state index in [4.69, 9.17) is 5.73 Å². The van der Waals surface area contributed by atoms with E-state index in [0.29, 0.717) is 5.69 Å². The summed E-state index contributed by atoms with van der Waals surface area (Å²) in [7, 11) is 0. The fourth-order valence-electron chi connectivity index (χ4n) is 1.28. The molecule has 2 nitrogen and oxygen atoms in total. The summed E-state index contributed by atoms with van der Waals surface area (Å²) in [6.45, 7) is 1.97. The van der Waals surface area contributed by atoms with Crippen molar-refractivity contribution in [3.05, 3.63) is 30.0 Å². The summed E-state index contributed by atoms with van der Waals surface area (Å²) in [4.78, 5) is 3.10. The first-order valence-corrected chi connectivity index (χ1v) is 3.57. The van der Waals surface area contributed by atoms with Gasteiger partial charge in [0.25, 0.3) is 0 Å². The Morgan fingerprint density at radius 2 is 2.09 bits per heavy atom. The third-order valence-corrected chi connectivity index (χ3v) is 2.00. The Morgan fingerprint density at radius 3 is 2.91 bits per heavy atom. The molecule has 1 aromatic carbocycles. The number of aromatic amines is 1. The van der Waals surface area contributed by atoms with Crippen LogP contribution in [0.5, 0.6) is 0 Å². The van der Waals surface area contributed by atoms with E-state index in [1.807, 2.05) is 31.3 Å². The number of fused-ring (bicyclic) bond motifs is 1. The van der Waals surface area contributed by atoms with E-state index in [1.54, 1.807) is 0 Å². The van der Waals surface area contributed by atoms with Gasteiger partial charge in [-0.1, -0.05) is 0 Å². The molecule has 1 radical (unpaired) electrons. The maximum Gasteiger partial charge on any atom is 0.0576 e. The average Bonchev–Trinajstić information content (AvgIpc) is 2.45. The van der Waals surface area contributed by atoms with Gasteiger partial charge < -0.3 is 10.7 Å². The third kappa shape index (κ3) is 0.792. The monoisotopic (exact) mass is 145 g/mol. The number of aryl methyl sites for hydroxylation is 1. The van der Waals surface area contributed by atoms with Gasteiger partial charge in [-0.15, -0.1) is 0 Å². The van der Waals surface area contributed by atoms with Crippen LogP contribution in [0.25, 0.3) is 10.9 Å². The molecule has 0 aliphatic rings. The number of hydrogen-bond acceptors (Lipinski definition) is 0. The van der Waals surface area contributed by atoms with Crippen LogP contribution in [0.2, 0.25) is 0 Å². The predicted molar refractivity (Wildman–Crippen MR) is 45.8 cm³/mol. The second-order valence-corrected chi connectivity index (χ2v) is 2.68. The number of rotatable bonds is 0. The summed E-state index contributed by atoms with van der Waals surface area (Å²) in [6, 6.07) is 5.75. The molecule has 1 aromatic heterocycles. The van der Waals surface area contributed by atoms with Crippen molar-refractivity contribution in [2.75, 3.05) is 0 Å². The average molecular weight is 145 g/mol. The van der Waals surface area contributed by atoms with Crippen LogP contribution >= 0.6 is 0 Å². The van der Waals surface area contributed by atoms with E-state index in [0.717, 1.165) is 16.5 Å². The smallest absolute Gasteiger partial charge is 0.0576 e. The summed E-state index contributed by atoms with van der Waals surface area (Å²) in [5.41, 5.74) is 10.3. The van der Waals surface area contributed by atoms with E-state index >= 15 is 0 Å².